The van der Waals surface area contributed by atoms with Crippen molar-refractivity contribution in [3.63, 3.8) is 0 Å². The van der Waals surface area contributed by atoms with E-state index >= 15 is 0 Å². The summed E-state index contributed by atoms with van der Waals surface area (Å²) < 4.78 is 11.3. The van der Waals surface area contributed by atoms with Crippen LogP contribution in [0.4, 0.5) is 0 Å². The van der Waals surface area contributed by atoms with Gasteiger partial charge < -0.3 is 15.2 Å². The topological polar surface area (TPSA) is 44.5 Å². The second-order valence-corrected chi connectivity index (χ2v) is 6.61. The molecule has 3 heteroatoms. The van der Waals surface area contributed by atoms with Gasteiger partial charge in [-0.2, -0.15) is 0 Å². The molecule has 1 saturated carbocycles. The Kier molecular flexibility index (Phi) is 4.95. The SMILES string of the molecule is COc1cc(C)c(C(N)C2(OC)CCC(C)CC2)cc1C. The summed E-state index contributed by atoms with van der Waals surface area (Å²) >= 11 is 0. The lowest BCUT2D eigenvalue weighted by Crippen LogP contribution is -2.46. The number of aryl methyl sites for hydroxylation is 2. The molecule has 0 amide bonds. The first kappa shape index (κ1) is 16.3. The molecule has 1 aliphatic rings. The van der Waals surface area contributed by atoms with Crippen LogP contribution in [-0.4, -0.2) is 19.8 Å². The van der Waals surface area contributed by atoms with E-state index in [1.807, 2.05) is 7.11 Å². The Morgan fingerprint density at radius 1 is 1.14 bits per heavy atom. The summed E-state index contributed by atoms with van der Waals surface area (Å²) in [5.74, 6) is 1.70. The highest BCUT2D eigenvalue weighted by Crippen LogP contribution is 2.43. The van der Waals surface area contributed by atoms with Gasteiger partial charge in [0.2, 0.25) is 0 Å². The Balaban J connectivity index is 2.34. The molecule has 3 nitrogen and oxygen atoms in total. The average Bonchev–Trinajstić information content (AvgIpc) is 2.49. The first-order chi connectivity index (χ1) is 9.93. The highest BCUT2D eigenvalue weighted by molar-refractivity contribution is 5.43. The molecule has 2 N–H and O–H groups in total. The van der Waals surface area contributed by atoms with Crippen molar-refractivity contribution in [3.05, 3.63) is 28.8 Å². The lowest BCUT2D eigenvalue weighted by molar-refractivity contribution is -0.0673. The van der Waals surface area contributed by atoms with Gasteiger partial charge in [0.05, 0.1) is 18.8 Å². The predicted molar refractivity (Wildman–Crippen MR) is 86.8 cm³/mol. The zero-order valence-electron chi connectivity index (χ0n) is 14.0. The van der Waals surface area contributed by atoms with Crippen molar-refractivity contribution in [3.8, 4) is 5.75 Å². The maximum atomic E-state index is 6.66. The van der Waals surface area contributed by atoms with Gasteiger partial charge in [-0.1, -0.05) is 13.0 Å². The van der Waals surface area contributed by atoms with Crippen LogP contribution in [0.2, 0.25) is 0 Å². The van der Waals surface area contributed by atoms with Gasteiger partial charge in [0.1, 0.15) is 5.75 Å². The van der Waals surface area contributed by atoms with Crippen LogP contribution in [0, 0.1) is 19.8 Å². The highest BCUT2D eigenvalue weighted by atomic mass is 16.5. The van der Waals surface area contributed by atoms with Gasteiger partial charge in [-0.15, -0.1) is 0 Å². The zero-order chi connectivity index (χ0) is 15.6. The largest absolute Gasteiger partial charge is 0.496 e. The molecule has 0 saturated heterocycles. The van der Waals surface area contributed by atoms with E-state index in [-0.39, 0.29) is 11.6 Å². The monoisotopic (exact) mass is 291 g/mol. The molecule has 1 unspecified atom stereocenters. The average molecular weight is 291 g/mol. The smallest absolute Gasteiger partial charge is 0.122 e. The van der Waals surface area contributed by atoms with Gasteiger partial charge in [-0.3, -0.25) is 0 Å². The molecule has 1 atom stereocenters. The van der Waals surface area contributed by atoms with Crippen molar-refractivity contribution in [2.75, 3.05) is 14.2 Å². The van der Waals surface area contributed by atoms with Crippen molar-refractivity contribution in [1.29, 1.82) is 0 Å². The van der Waals surface area contributed by atoms with Crippen LogP contribution in [0.3, 0.4) is 0 Å². The fourth-order valence-electron chi connectivity index (χ4n) is 3.54. The number of hydrogen-bond donors (Lipinski definition) is 1. The molecule has 1 aromatic rings. The molecule has 1 aliphatic carbocycles. The molecule has 21 heavy (non-hydrogen) atoms. The van der Waals surface area contributed by atoms with E-state index in [9.17, 15) is 0 Å². The molecule has 0 radical (unpaired) electrons. The summed E-state index contributed by atoms with van der Waals surface area (Å²) in [4.78, 5) is 0. The zero-order valence-corrected chi connectivity index (χ0v) is 14.0. The van der Waals surface area contributed by atoms with Gasteiger partial charge in [-0.05, 0) is 68.2 Å². The minimum atomic E-state index is -0.224. The van der Waals surface area contributed by atoms with Gasteiger partial charge in [0.25, 0.3) is 0 Å². The van der Waals surface area contributed by atoms with E-state index in [0.29, 0.717) is 0 Å². The first-order valence-electron chi connectivity index (χ1n) is 7.89. The van der Waals surface area contributed by atoms with Crippen molar-refractivity contribution < 1.29 is 9.47 Å². The standard InChI is InChI=1S/C18H29NO2/c1-12-6-8-18(21-5,9-7-12)17(19)15-10-14(3)16(20-4)11-13(15)2/h10-12,17H,6-9,19H2,1-5H3. The molecule has 1 aromatic carbocycles. The first-order valence-corrected chi connectivity index (χ1v) is 7.89. The number of hydrogen-bond acceptors (Lipinski definition) is 3. The lowest BCUT2D eigenvalue weighted by atomic mass is 9.73. The predicted octanol–water partition coefficient (Wildman–Crippen LogP) is 3.91. The number of nitrogens with two attached hydrogens (primary N) is 1. The van der Waals surface area contributed by atoms with Crippen molar-refractivity contribution >= 4 is 0 Å². The van der Waals surface area contributed by atoms with Crippen molar-refractivity contribution in [2.45, 2.75) is 58.1 Å². The maximum absolute atomic E-state index is 6.66. The van der Waals surface area contributed by atoms with E-state index in [0.717, 1.165) is 30.1 Å². The normalized spacial score (nSPS) is 27.4. The van der Waals surface area contributed by atoms with Crippen molar-refractivity contribution in [2.24, 2.45) is 11.7 Å². The van der Waals surface area contributed by atoms with E-state index in [1.165, 1.54) is 24.0 Å². The molecule has 1 fully saturated rings. The van der Waals surface area contributed by atoms with E-state index < -0.39 is 0 Å². The molecule has 0 aliphatic heterocycles. The molecule has 0 bridgehead atoms. The van der Waals surface area contributed by atoms with Crippen LogP contribution in [0.1, 0.15) is 55.3 Å². The van der Waals surface area contributed by atoms with E-state index in [4.69, 9.17) is 15.2 Å². The third-order valence-electron chi connectivity index (χ3n) is 5.21. The van der Waals surface area contributed by atoms with Crippen LogP contribution < -0.4 is 10.5 Å². The highest BCUT2D eigenvalue weighted by Gasteiger charge is 2.41. The molecule has 118 valence electrons. The Bertz CT molecular complexity index is 490. The van der Waals surface area contributed by atoms with Gasteiger partial charge in [0, 0.05) is 7.11 Å². The van der Waals surface area contributed by atoms with Gasteiger partial charge in [-0.25, -0.2) is 0 Å². The van der Waals surface area contributed by atoms with Gasteiger partial charge >= 0.3 is 0 Å². The van der Waals surface area contributed by atoms with Crippen LogP contribution in [-0.2, 0) is 4.74 Å². The third-order valence-corrected chi connectivity index (χ3v) is 5.21. The fourth-order valence-corrected chi connectivity index (χ4v) is 3.54. The maximum Gasteiger partial charge on any atom is 0.122 e. The Morgan fingerprint density at radius 2 is 1.76 bits per heavy atom. The Labute approximate surface area is 128 Å². The Hall–Kier alpha value is -1.06. The lowest BCUT2D eigenvalue weighted by Gasteiger charge is -2.43. The minimum Gasteiger partial charge on any atom is -0.496 e. The quantitative estimate of drug-likeness (QED) is 0.914. The summed E-state index contributed by atoms with van der Waals surface area (Å²) in [6.45, 7) is 6.48. The summed E-state index contributed by atoms with van der Waals surface area (Å²) in [6, 6.07) is 4.16. The second-order valence-electron chi connectivity index (χ2n) is 6.61. The molecular formula is C18H29NO2. The van der Waals surface area contributed by atoms with Crippen LogP contribution in [0.15, 0.2) is 12.1 Å². The summed E-state index contributed by atoms with van der Waals surface area (Å²) in [5.41, 5.74) is 9.93. The summed E-state index contributed by atoms with van der Waals surface area (Å²) in [5, 5.41) is 0. The number of methoxy groups -OCH3 is 2. The van der Waals surface area contributed by atoms with Crippen molar-refractivity contribution in [1.82, 2.24) is 0 Å². The molecule has 0 spiro atoms. The third kappa shape index (κ3) is 3.09. The van der Waals surface area contributed by atoms with Crippen LogP contribution in [0.25, 0.3) is 0 Å². The Morgan fingerprint density at radius 3 is 2.29 bits per heavy atom. The number of rotatable bonds is 4. The van der Waals surface area contributed by atoms with Gasteiger partial charge in [0.15, 0.2) is 0 Å². The van der Waals surface area contributed by atoms with E-state index in [1.54, 1.807) is 7.11 Å². The van der Waals surface area contributed by atoms with Crippen LogP contribution >= 0.6 is 0 Å². The van der Waals surface area contributed by atoms with Crippen LogP contribution in [0.5, 0.6) is 5.75 Å². The second kappa shape index (κ2) is 6.37. The summed E-state index contributed by atoms with van der Waals surface area (Å²) in [7, 11) is 3.52. The molecular weight excluding hydrogens is 262 g/mol. The fraction of sp³-hybridized carbons (Fsp3) is 0.667. The minimum absolute atomic E-state index is 0.0837. The molecule has 0 heterocycles. The molecule has 2 rings (SSSR count). The number of ether oxygens (including phenoxy) is 2. The molecule has 0 aromatic heterocycles. The number of benzene rings is 1. The van der Waals surface area contributed by atoms with E-state index in [2.05, 4.69) is 32.9 Å². The summed E-state index contributed by atoms with van der Waals surface area (Å²) in [6.07, 6.45) is 4.46.